The van der Waals surface area contributed by atoms with E-state index in [1.165, 1.54) is 4.90 Å². The molecular weight excluding hydrogens is 775 g/mol. The second-order valence-corrected chi connectivity index (χ2v) is 19.3. The number of alkyl carbamates (subject to hydrolysis) is 1. The standard InChI is InChI=1S/C43H51N7O8S/c1-26-16-18-27(19-17-26)34-23-36(50-37(44-34)31-13-10-11-14-32(31)47-50)57-29-22-35-38(51)46-43(40(53)48-59(55,56)30-20-21-30)24-28(43)12-8-6-5-7-9-15-33(39(52)49(35)25-29)45-41(54)58-42(2,3)4/h8,10-14,16-19,23,28-30,33,35H,5-7,9,15,20-22,24-25H2,1-4H3,(H,45,54)(H,46,51)(H,48,53)/b12-8-/t28-,29+,33-,35-,43+/m0/s1. The zero-order valence-corrected chi connectivity index (χ0v) is 34.6. The number of aromatic nitrogens is 3. The van der Waals surface area contributed by atoms with Crippen LogP contribution in [0, 0.1) is 12.8 Å². The second-order valence-electron chi connectivity index (χ2n) is 17.3. The van der Waals surface area contributed by atoms with Gasteiger partial charge in [-0.25, -0.2) is 18.2 Å². The van der Waals surface area contributed by atoms with Crippen LogP contribution in [0.4, 0.5) is 4.79 Å². The molecule has 2 saturated carbocycles. The number of sulfonamides is 1. The highest BCUT2D eigenvalue weighted by molar-refractivity contribution is 7.91. The number of carbonyl (C=O) groups excluding carboxylic acids is 4. The fraction of sp³-hybridized carbons (Fsp3) is 0.488. The Balaban J connectivity index is 1.15. The van der Waals surface area contributed by atoms with Gasteiger partial charge in [0.15, 0.2) is 5.65 Å². The smallest absolute Gasteiger partial charge is 0.408 e. The van der Waals surface area contributed by atoms with Crippen molar-refractivity contribution in [3.63, 3.8) is 0 Å². The van der Waals surface area contributed by atoms with Gasteiger partial charge in [0.1, 0.15) is 29.3 Å². The van der Waals surface area contributed by atoms with Gasteiger partial charge in [0.05, 0.1) is 23.0 Å². The maximum absolute atomic E-state index is 14.7. The average molecular weight is 826 g/mol. The van der Waals surface area contributed by atoms with Crippen molar-refractivity contribution in [2.75, 3.05) is 6.54 Å². The highest BCUT2D eigenvalue weighted by Gasteiger charge is 2.62. The molecule has 15 nitrogen and oxygen atoms in total. The predicted octanol–water partition coefficient (Wildman–Crippen LogP) is 5.10. The molecule has 2 aromatic heterocycles. The highest BCUT2D eigenvalue weighted by atomic mass is 32.2. The molecule has 5 atom stereocenters. The third-order valence-corrected chi connectivity index (χ3v) is 13.2. The van der Waals surface area contributed by atoms with Crippen LogP contribution in [0.3, 0.4) is 0 Å². The Hall–Kier alpha value is -5.51. The quantitative estimate of drug-likeness (QED) is 0.211. The topological polar surface area (TPSA) is 190 Å². The fourth-order valence-electron chi connectivity index (χ4n) is 8.03. The van der Waals surface area contributed by atoms with E-state index >= 15 is 0 Å². The highest BCUT2D eigenvalue weighted by Crippen LogP contribution is 2.46. The van der Waals surface area contributed by atoms with Gasteiger partial charge in [0, 0.05) is 29.4 Å². The largest absolute Gasteiger partial charge is 0.472 e. The maximum atomic E-state index is 14.7. The van der Waals surface area contributed by atoms with E-state index in [1.807, 2.05) is 67.6 Å². The van der Waals surface area contributed by atoms with Crippen molar-refractivity contribution in [1.29, 1.82) is 0 Å². The number of hydrogen-bond acceptors (Lipinski definition) is 10. The third kappa shape index (κ3) is 8.63. The van der Waals surface area contributed by atoms with E-state index in [9.17, 15) is 27.6 Å². The van der Waals surface area contributed by atoms with E-state index < -0.39 is 74.3 Å². The van der Waals surface area contributed by atoms with Gasteiger partial charge in [-0.05, 0) is 78.4 Å². The second kappa shape index (κ2) is 15.6. The van der Waals surface area contributed by atoms with Crippen LogP contribution in [0.25, 0.3) is 27.8 Å². The summed E-state index contributed by atoms with van der Waals surface area (Å²) in [6, 6.07) is 15.2. The number of amides is 4. The summed E-state index contributed by atoms with van der Waals surface area (Å²) in [4.78, 5) is 62.6. The van der Waals surface area contributed by atoms with Gasteiger partial charge >= 0.3 is 6.09 Å². The van der Waals surface area contributed by atoms with Crippen LogP contribution >= 0.6 is 0 Å². The Kier molecular flexibility index (Phi) is 10.6. The molecule has 0 spiro atoms. The summed E-state index contributed by atoms with van der Waals surface area (Å²) in [5.74, 6) is -2.01. The minimum absolute atomic E-state index is 0.0276. The lowest BCUT2D eigenvalue weighted by molar-refractivity contribution is -0.141. The van der Waals surface area contributed by atoms with Crippen LogP contribution in [0.2, 0.25) is 0 Å². The molecule has 2 aliphatic heterocycles. The van der Waals surface area contributed by atoms with Gasteiger partial charge in [-0.1, -0.05) is 67.0 Å². The van der Waals surface area contributed by atoms with Crippen molar-refractivity contribution < 1.29 is 37.1 Å². The third-order valence-electron chi connectivity index (χ3n) is 11.4. The Morgan fingerprint density at radius 3 is 2.51 bits per heavy atom. The fourth-order valence-corrected chi connectivity index (χ4v) is 9.39. The van der Waals surface area contributed by atoms with Gasteiger partial charge in [0.2, 0.25) is 27.7 Å². The van der Waals surface area contributed by atoms with Crippen molar-refractivity contribution in [3.8, 4) is 17.1 Å². The molecule has 0 radical (unpaired) electrons. The molecule has 0 bridgehead atoms. The lowest BCUT2D eigenvalue weighted by Crippen LogP contribution is -2.58. The molecule has 1 saturated heterocycles. The summed E-state index contributed by atoms with van der Waals surface area (Å²) in [5, 5.41) is 10.7. The van der Waals surface area contributed by atoms with Crippen LogP contribution in [0.1, 0.15) is 84.1 Å². The zero-order valence-electron chi connectivity index (χ0n) is 33.8. The van der Waals surface area contributed by atoms with Gasteiger partial charge in [-0.3, -0.25) is 19.1 Å². The summed E-state index contributed by atoms with van der Waals surface area (Å²) in [7, 11) is -3.91. The first-order valence-electron chi connectivity index (χ1n) is 20.5. The van der Waals surface area contributed by atoms with Gasteiger partial charge < -0.3 is 25.0 Å². The molecule has 4 heterocycles. The van der Waals surface area contributed by atoms with Crippen molar-refractivity contribution in [2.45, 2.75) is 120 Å². The van der Waals surface area contributed by atoms with Crippen molar-refractivity contribution in [2.24, 2.45) is 5.92 Å². The number of rotatable bonds is 7. The molecular formula is C43H51N7O8S. The lowest BCUT2D eigenvalue weighted by Gasteiger charge is -2.30. The minimum Gasteiger partial charge on any atom is -0.472 e. The van der Waals surface area contributed by atoms with E-state index in [4.69, 9.17) is 19.6 Å². The molecule has 8 rings (SSSR count). The number of carbonyl (C=O) groups is 4. The maximum Gasteiger partial charge on any atom is 0.408 e. The molecule has 16 heteroatoms. The molecule has 2 aromatic carbocycles. The molecule has 312 valence electrons. The van der Waals surface area contributed by atoms with Crippen molar-refractivity contribution in [1.82, 2.24) is 34.9 Å². The summed E-state index contributed by atoms with van der Waals surface area (Å²) in [6.07, 6.45) is 6.63. The summed E-state index contributed by atoms with van der Waals surface area (Å²) >= 11 is 0. The number of nitrogens with one attached hydrogen (secondary N) is 3. The molecule has 3 fully saturated rings. The number of allylic oxidation sites excluding steroid dienone is 1. The molecule has 0 unspecified atom stereocenters. The number of aryl methyl sites for hydroxylation is 1. The Bertz CT molecular complexity index is 2440. The molecule has 2 aliphatic carbocycles. The Morgan fingerprint density at radius 1 is 1.00 bits per heavy atom. The van der Waals surface area contributed by atoms with Gasteiger partial charge in [-0.15, -0.1) is 0 Å². The number of fused-ring (bicyclic) bond motifs is 5. The monoisotopic (exact) mass is 825 g/mol. The van der Waals surface area contributed by atoms with E-state index in [0.29, 0.717) is 54.8 Å². The van der Waals surface area contributed by atoms with E-state index in [0.717, 1.165) is 29.4 Å². The average Bonchev–Trinajstić information content (AvgIpc) is 4.08. The first-order valence-corrected chi connectivity index (χ1v) is 22.0. The molecule has 59 heavy (non-hydrogen) atoms. The summed E-state index contributed by atoms with van der Waals surface area (Å²) in [5.41, 5.74) is 1.53. The van der Waals surface area contributed by atoms with E-state index in [-0.39, 0.29) is 19.4 Å². The first-order chi connectivity index (χ1) is 28.1. The Labute approximate surface area is 343 Å². The summed E-state index contributed by atoms with van der Waals surface area (Å²) in [6.45, 7) is 7.17. The number of nitrogens with zero attached hydrogens (tertiary/aromatic N) is 4. The van der Waals surface area contributed by atoms with Crippen molar-refractivity contribution in [3.05, 3.63) is 72.3 Å². The zero-order chi connectivity index (χ0) is 41.7. The van der Waals surface area contributed by atoms with E-state index in [2.05, 4.69) is 15.4 Å². The first kappa shape index (κ1) is 40.3. The number of ether oxygens (including phenoxy) is 2. The minimum atomic E-state index is -3.91. The Morgan fingerprint density at radius 2 is 1.76 bits per heavy atom. The van der Waals surface area contributed by atoms with Crippen molar-refractivity contribution >= 4 is 50.4 Å². The van der Waals surface area contributed by atoms with Crippen LogP contribution in [-0.2, 0) is 29.1 Å². The molecule has 4 aromatic rings. The van der Waals surface area contributed by atoms with Crippen LogP contribution in [-0.4, -0.2) is 92.9 Å². The van der Waals surface area contributed by atoms with Crippen LogP contribution in [0.5, 0.6) is 5.88 Å². The number of benzene rings is 2. The number of hydrogen-bond donors (Lipinski definition) is 3. The van der Waals surface area contributed by atoms with Gasteiger partial charge in [0.25, 0.3) is 5.91 Å². The SMILES string of the molecule is Cc1ccc(-c2cc(O[C@@H]3C[C@H]4C(=O)N[C@]5(C(=O)NS(=O)(=O)C6CC6)C[C@@H]5/C=C\CCCCC[C@H](NC(=O)OC(C)(C)C)C(=O)N4C3)n3nc4ccccc4c3n2)cc1. The predicted molar refractivity (Wildman–Crippen MR) is 220 cm³/mol. The van der Waals surface area contributed by atoms with E-state index in [1.54, 1.807) is 31.4 Å². The van der Waals surface area contributed by atoms with Crippen LogP contribution in [0.15, 0.2) is 66.7 Å². The molecule has 4 amide bonds. The molecule has 3 N–H and O–H groups in total. The lowest BCUT2D eigenvalue weighted by atomic mass is 10.0. The van der Waals surface area contributed by atoms with Crippen LogP contribution < -0.4 is 20.1 Å². The normalized spacial score (nSPS) is 25.9. The summed E-state index contributed by atoms with van der Waals surface area (Å²) < 4.78 is 42.0. The molecule has 4 aliphatic rings. The van der Waals surface area contributed by atoms with Gasteiger partial charge in [-0.2, -0.15) is 9.61 Å².